The molecular formula is C26H36ClN2O4SSi+. The third-order valence-electron chi connectivity index (χ3n) is 6.43. The zero-order valence-corrected chi connectivity index (χ0v) is 23.7. The fraction of sp³-hybridized carbons (Fsp3) is 0.423. The molecule has 0 saturated carbocycles. The Bertz CT molecular complexity index is 1280. The number of oxazole rings is 1. The predicted octanol–water partition coefficient (Wildman–Crippen LogP) is 6.30. The minimum Gasteiger partial charge on any atom is -0.398 e. The van der Waals surface area contributed by atoms with Crippen LogP contribution in [-0.4, -0.2) is 39.0 Å². The Morgan fingerprint density at radius 3 is 2.40 bits per heavy atom. The molecule has 1 atom stereocenters. The van der Waals surface area contributed by atoms with Gasteiger partial charge in [-0.05, 0) is 56.2 Å². The monoisotopic (exact) mass is 535 g/mol. The number of hydrogen-bond donors (Lipinski definition) is 1. The second-order valence-electron chi connectivity index (χ2n) is 9.95. The van der Waals surface area contributed by atoms with Crippen LogP contribution < -0.4 is 9.47 Å². The highest BCUT2D eigenvalue weighted by atomic mass is 35.5. The van der Waals surface area contributed by atoms with Gasteiger partial charge in [-0.3, -0.25) is 4.55 Å². The van der Waals surface area contributed by atoms with Crippen LogP contribution in [-0.2, 0) is 16.7 Å². The van der Waals surface area contributed by atoms with E-state index < -0.39 is 18.2 Å². The summed E-state index contributed by atoms with van der Waals surface area (Å²) in [7, 11) is -5.28. The van der Waals surface area contributed by atoms with Crippen molar-refractivity contribution in [1.29, 1.82) is 0 Å². The summed E-state index contributed by atoms with van der Waals surface area (Å²) in [4.78, 5) is 2.48. The van der Waals surface area contributed by atoms with Gasteiger partial charge in [0.2, 0.25) is 5.58 Å². The first-order valence-electron chi connectivity index (χ1n) is 12.0. The van der Waals surface area contributed by atoms with E-state index in [4.69, 9.17) is 20.6 Å². The van der Waals surface area contributed by atoms with E-state index in [1.165, 1.54) is 5.69 Å². The van der Waals surface area contributed by atoms with Crippen LogP contribution in [0.3, 0.4) is 0 Å². The minimum atomic E-state index is -3.97. The molecule has 35 heavy (non-hydrogen) atoms. The van der Waals surface area contributed by atoms with Gasteiger partial charge in [-0.1, -0.05) is 43.4 Å². The fourth-order valence-corrected chi connectivity index (χ4v) is 6.08. The Labute approximate surface area is 215 Å². The first kappa shape index (κ1) is 27.5. The van der Waals surface area contributed by atoms with Crippen LogP contribution in [0.4, 0.5) is 5.69 Å². The smallest absolute Gasteiger partial charge is 0.374 e. The third kappa shape index (κ3) is 7.43. The molecule has 9 heteroatoms. The van der Waals surface area contributed by atoms with E-state index in [1.807, 2.05) is 28.9 Å². The highest BCUT2D eigenvalue weighted by Gasteiger charge is 2.27. The molecule has 3 rings (SSSR count). The summed E-state index contributed by atoms with van der Waals surface area (Å²) >= 11 is 6.21. The van der Waals surface area contributed by atoms with E-state index in [1.54, 1.807) is 6.07 Å². The number of nitrogens with zero attached hydrogens (tertiary/aromatic N) is 2. The van der Waals surface area contributed by atoms with E-state index in [9.17, 15) is 8.42 Å². The number of unbranched alkanes of at least 4 members (excludes halogenated alkanes) is 1. The van der Waals surface area contributed by atoms with Gasteiger partial charge in [0, 0.05) is 35.4 Å². The Balaban J connectivity index is 1.83. The van der Waals surface area contributed by atoms with Crippen molar-refractivity contribution in [3.8, 4) is 0 Å². The molecule has 2 aromatic carbocycles. The van der Waals surface area contributed by atoms with Gasteiger partial charge in [0.1, 0.15) is 0 Å². The molecule has 0 aliphatic heterocycles. The van der Waals surface area contributed by atoms with Crippen molar-refractivity contribution < 1.29 is 22.0 Å². The lowest BCUT2D eigenvalue weighted by Gasteiger charge is -2.38. The van der Waals surface area contributed by atoms with Crippen molar-refractivity contribution in [2.75, 3.05) is 17.2 Å². The van der Waals surface area contributed by atoms with Gasteiger partial charge in [-0.2, -0.15) is 13.0 Å². The van der Waals surface area contributed by atoms with Crippen molar-refractivity contribution in [3.63, 3.8) is 0 Å². The highest BCUT2D eigenvalue weighted by Crippen LogP contribution is 2.24. The third-order valence-corrected chi connectivity index (χ3v) is 10.3. The molecule has 3 aromatic rings. The van der Waals surface area contributed by atoms with Crippen molar-refractivity contribution in [1.82, 2.24) is 0 Å². The largest absolute Gasteiger partial charge is 0.398 e. The van der Waals surface area contributed by atoms with E-state index in [0.29, 0.717) is 41.5 Å². The van der Waals surface area contributed by atoms with Gasteiger partial charge in [0.05, 0.1) is 19.9 Å². The summed E-state index contributed by atoms with van der Waals surface area (Å²) in [5, 5.41) is 0.601. The van der Waals surface area contributed by atoms with Gasteiger partial charge in [-0.15, -0.1) is 0 Å². The van der Waals surface area contributed by atoms with Gasteiger partial charge in [-0.25, -0.2) is 0 Å². The molecular weight excluding hydrogens is 500 g/mol. The number of aromatic nitrogens is 1. The van der Waals surface area contributed by atoms with Crippen LogP contribution in [0.2, 0.25) is 24.7 Å². The molecule has 1 N–H and O–H groups in total. The summed E-state index contributed by atoms with van der Waals surface area (Å²) in [6.07, 6.45) is 4.86. The molecule has 0 aliphatic carbocycles. The lowest BCUT2D eigenvalue weighted by Crippen LogP contribution is -2.49. The average Bonchev–Trinajstić information content (AvgIpc) is 3.12. The number of halogens is 1. The quantitative estimate of drug-likeness (QED) is 0.135. The Morgan fingerprint density at radius 2 is 1.80 bits per heavy atom. The summed E-state index contributed by atoms with van der Waals surface area (Å²) < 4.78 is 39.2. The number of fused-ring (bicyclic) bond motifs is 1. The second-order valence-corrected chi connectivity index (χ2v) is 17.5. The van der Waals surface area contributed by atoms with Gasteiger partial charge < -0.3 is 9.32 Å². The molecule has 0 saturated heterocycles. The molecule has 0 amide bonds. The fourth-order valence-electron chi connectivity index (χ4n) is 4.08. The van der Waals surface area contributed by atoms with Crippen LogP contribution in [0, 0.1) is 0 Å². The first-order chi connectivity index (χ1) is 16.4. The topological polar surface area (TPSA) is 74.6 Å². The maximum Gasteiger partial charge on any atom is 0.374 e. The summed E-state index contributed by atoms with van der Waals surface area (Å²) in [5.74, 6) is 0.396. The van der Waals surface area contributed by atoms with Gasteiger partial charge in [0.25, 0.3) is 15.6 Å². The molecule has 0 aliphatic rings. The van der Waals surface area contributed by atoms with Gasteiger partial charge >= 0.3 is 5.89 Å². The molecule has 1 heterocycles. The zero-order chi connectivity index (χ0) is 25.8. The van der Waals surface area contributed by atoms with Crippen LogP contribution >= 0.6 is 11.6 Å². The van der Waals surface area contributed by atoms with E-state index in [2.05, 4.69) is 62.7 Å². The molecule has 0 radical (unpaired) electrons. The maximum absolute atomic E-state index is 11.0. The number of aryl methyl sites for hydroxylation is 1. The lowest BCUT2D eigenvalue weighted by molar-refractivity contribution is -0.678. The van der Waals surface area contributed by atoms with E-state index in [-0.39, 0.29) is 5.75 Å². The predicted molar refractivity (Wildman–Crippen MR) is 148 cm³/mol. The summed E-state index contributed by atoms with van der Waals surface area (Å²) in [6, 6.07) is 14.0. The summed E-state index contributed by atoms with van der Waals surface area (Å²) in [6.45, 7) is 13.2. The summed E-state index contributed by atoms with van der Waals surface area (Å²) in [5.41, 5.74) is 4.38. The SMILES string of the molecule is CCN(c1ccc(C=Cc2oc3ccc(Cl)cc3[n+]2CCCCS(=O)(=O)O)cc1)C(C)[Si](C)(C)C. The molecule has 0 fully saturated rings. The molecule has 1 unspecified atom stereocenters. The van der Waals surface area contributed by atoms with E-state index >= 15 is 0 Å². The highest BCUT2D eigenvalue weighted by molar-refractivity contribution is 7.85. The van der Waals surface area contributed by atoms with E-state index in [0.717, 1.165) is 17.6 Å². The van der Waals surface area contributed by atoms with Crippen molar-refractivity contribution in [2.24, 2.45) is 0 Å². The number of anilines is 1. The Morgan fingerprint density at radius 1 is 1.11 bits per heavy atom. The Kier molecular flexibility index (Phi) is 8.85. The number of benzene rings is 2. The van der Waals surface area contributed by atoms with Crippen LogP contribution in [0.5, 0.6) is 0 Å². The zero-order valence-electron chi connectivity index (χ0n) is 21.2. The van der Waals surface area contributed by atoms with Crippen LogP contribution in [0.15, 0.2) is 46.9 Å². The van der Waals surface area contributed by atoms with Crippen molar-refractivity contribution in [3.05, 3.63) is 58.9 Å². The number of hydrogen-bond acceptors (Lipinski definition) is 4. The number of rotatable bonds is 11. The molecule has 0 bridgehead atoms. The second kappa shape index (κ2) is 11.3. The molecule has 1 aromatic heterocycles. The molecule has 190 valence electrons. The average molecular weight is 536 g/mol. The normalized spacial score (nSPS) is 13.6. The standard InChI is InChI=1S/C26H35ClN2O4SSi/c1-6-28(20(2)35(3,4)5)23-13-9-21(10-14-23)11-16-26-29(17-7-8-18-34(30,31)32)24-19-22(27)12-15-25(24)33-26/h9-16,19-20H,6-8,17-18H2,1-5H3/p+1. The van der Waals surface area contributed by atoms with Crippen LogP contribution in [0.25, 0.3) is 23.3 Å². The van der Waals surface area contributed by atoms with Crippen molar-refractivity contribution in [2.45, 2.75) is 58.5 Å². The first-order valence-corrected chi connectivity index (χ1v) is 17.6. The van der Waals surface area contributed by atoms with Gasteiger partial charge in [0.15, 0.2) is 6.54 Å². The van der Waals surface area contributed by atoms with Crippen molar-refractivity contribution >= 4 is 58.7 Å². The lowest BCUT2D eigenvalue weighted by atomic mass is 10.2. The molecule has 0 spiro atoms. The Hall–Kier alpha value is -2.13. The van der Waals surface area contributed by atoms with Crippen LogP contribution in [0.1, 0.15) is 38.1 Å². The molecule has 6 nitrogen and oxygen atoms in total. The minimum absolute atomic E-state index is 0.257. The maximum atomic E-state index is 11.0.